The summed E-state index contributed by atoms with van der Waals surface area (Å²) in [6.07, 6.45) is 1.53. The van der Waals surface area contributed by atoms with E-state index in [9.17, 15) is 9.59 Å². The first-order valence-corrected chi connectivity index (χ1v) is 7.57. The molecule has 0 fully saturated rings. The van der Waals surface area contributed by atoms with Crippen molar-refractivity contribution in [3.05, 3.63) is 65.7 Å². The topological polar surface area (TPSA) is 79.8 Å². The van der Waals surface area contributed by atoms with E-state index in [1.54, 1.807) is 24.3 Å². The van der Waals surface area contributed by atoms with E-state index in [0.29, 0.717) is 17.9 Å². The number of amides is 2. The summed E-state index contributed by atoms with van der Waals surface area (Å²) < 4.78 is 5.31. The van der Waals surface area contributed by atoms with E-state index in [4.69, 9.17) is 4.74 Å². The molecule has 2 rings (SSSR count). The number of hydrogen-bond donors (Lipinski definition) is 2. The monoisotopic (exact) mass is 325 g/mol. The molecule has 0 aliphatic heterocycles. The second kappa shape index (κ2) is 9.09. The number of carbonyl (C=O) groups excluding carboxylic acids is 2. The van der Waals surface area contributed by atoms with Gasteiger partial charge in [-0.25, -0.2) is 5.43 Å². The Morgan fingerprint density at radius 1 is 1.08 bits per heavy atom. The number of nitrogens with zero attached hydrogens (tertiary/aromatic N) is 1. The molecular weight excluding hydrogens is 306 g/mol. The van der Waals surface area contributed by atoms with Crippen molar-refractivity contribution in [2.75, 3.05) is 13.2 Å². The first kappa shape index (κ1) is 17.2. The highest BCUT2D eigenvalue weighted by Gasteiger charge is 2.07. The summed E-state index contributed by atoms with van der Waals surface area (Å²) in [5.41, 5.74) is 3.69. The van der Waals surface area contributed by atoms with Gasteiger partial charge in [0.25, 0.3) is 11.8 Å². The predicted molar refractivity (Wildman–Crippen MR) is 92.1 cm³/mol. The lowest BCUT2D eigenvalue weighted by molar-refractivity contribution is -0.120. The third-order valence-corrected chi connectivity index (χ3v) is 3.04. The molecule has 0 bridgehead atoms. The zero-order valence-electron chi connectivity index (χ0n) is 13.4. The Morgan fingerprint density at radius 3 is 2.46 bits per heavy atom. The Kier molecular flexibility index (Phi) is 6.52. The first-order valence-electron chi connectivity index (χ1n) is 7.57. The first-order chi connectivity index (χ1) is 11.7. The molecular formula is C18H19N3O3. The Hall–Kier alpha value is -3.15. The number of rotatable bonds is 7. The van der Waals surface area contributed by atoms with E-state index in [1.165, 1.54) is 6.21 Å². The van der Waals surface area contributed by atoms with Crippen LogP contribution in [0.3, 0.4) is 0 Å². The van der Waals surface area contributed by atoms with E-state index >= 15 is 0 Å². The fraction of sp³-hybridized carbons (Fsp3) is 0.167. The number of benzene rings is 2. The van der Waals surface area contributed by atoms with Crippen LogP contribution in [0.25, 0.3) is 0 Å². The van der Waals surface area contributed by atoms with Crippen molar-refractivity contribution in [3.8, 4) is 5.75 Å². The molecule has 0 aromatic heterocycles. The fourth-order valence-electron chi connectivity index (χ4n) is 1.89. The Morgan fingerprint density at radius 2 is 1.79 bits per heavy atom. The van der Waals surface area contributed by atoms with E-state index in [2.05, 4.69) is 15.8 Å². The molecule has 2 N–H and O–H groups in total. The van der Waals surface area contributed by atoms with Crippen molar-refractivity contribution in [2.24, 2.45) is 5.10 Å². The van der Waals surface area contributed by atoms with Crippen LogP contribution in [0.5, 0.6) is 5.75 Å². The van der Waals surface area contributed by atoms with Crippen LogP contribution in [0.1, 0.15) is 22.8 Å². The van der Waals surface area contributed by atoms with Crippen LogP contribution >= 0.6 is 0 Å². The van der Waals surface area contributed by atoms with Gasteiger partial charge in [-0.2, -0.15) is 5.10 Å². The molecule has 0 saturated carbocycles. The van der Waals surface area contributed by atoms with Crippen molar-refractivity contribution in [1.29, 1.82) is 0 Å². The van der Waals surface area contributed by atoms with Crippen molar-refractivity contribution in [1.82, 2.24) is 10.7 Å². The van der Waals surface area contributed by atoms with Crippen molar-refractivity contribution < 1.29 is 14.3 Å². The van der Waals surface area contributed by atoms with Gasteiger partial charge in [0.05, 0.1) is 19.4 Å². The molecule has 2 amide bonds. The molecule has 0 aliphatic carbocycles. The number of hydrogen-bond acceptors (Lipinski definition) is 4. The molecule has 2 aromatic carbocycles. The van der Waals surface area contributed by atoms with Gasteiger partial charge in [0.1, 0.15) is 5.75 Å². The van der Waals surface area contributed by atoms with Crippen LogP contribution in [0.4, 0.5) is 0 Å². The minimum Gasteiger partial charge on any atom is -0.494 e. The number of nitrogens with one attached hydrogen (secondary N) is 2. The molecule has 0 unspecified atom stereocenters. The number of hydrazone groups is 1. The summed E-state index contributed by atoms with van der Waals surface area (Å²) in [6.45, 7) is 2.30. The molecule has 0 atom stereocenters. The lowest BCUT2D eigenvalue weighted by Gasteiger charge is -2.06. The standard InChI is InChI=1S/C18H19N3O3/c1-2-24-16-10-8-15(9-11-16)18(23)19-13-17(22)21-20-12-14-6-4-3-5-7-14/h3-12H,2,13H2,1H3,(H,19,23)(H,21,22)/b20-12-. The summed E-state index contributed by atoms with van der Waals surface area (Å²) in [7, 11) is 0. The third kappa shape index (κ3) is 5.57. The van der Waals surface area contributed by atoms with Crippen molar-refractivity contribution in [3.63, 3.8) is 0 Å². The number of carbonyl (C=O) groups is 2. The molecule has 6 nitrogen and oxygen atoms in total. The molecule has 2 aromatic rings. The molecule has 124 valence electrons. The second-order valence-corrected chi connectivity index (χ2v) is 4.84. The Bertz CT molecular complexity index is 697. The van der Waals surface area contributed by atoms with Crippen LogP contribution < -0.4 is 15.5 Å². The number of ether oxygens (including phenoxy) is 1. The maximum atomic E-state index is 11.9. The summed E-state index contributed by atoms with van der Waals surface area (Å²) in [6, 6.07) is 16.1. The largest absolute Gasteiger partial charge is 0.494 e. The van der Waals surface area contributed by atoms with E-state index in [1.807, 2.05) is 37.3 Å². The Labute approximate surface area is 140 Å². The van der Waals surface area contributed by atoms with Gasteiger partial charge >= 0.3 is 0 Å². The summed E-state index contributed by atoms with van der Waals surface area (Å²) in [4.78, 5) is 23.6. The van der Waals surface area contributed by atoms with Crippen LogP contribution in [0, 0.1) is 0 Å². The molecule has 0 saturated heterocycles. The van der Waals surface area contributed by atoms with Crippen molar-refractivity contribution >= 4 is 18.0 Å². The van der Waals surface area contributed by atoms with Crippen LogP contribution in [-0.4, -0.2) is 31.2 Å². The molecule has 6 heteroatoms. The van der Waals surface area contributed by atoms with E-state index in [0.717, 1.165) is 5.56 Å². The maximum absolute atomic E-state index is 11.9. The summed E-state index contributed by atoms with van der Waals surface area (Å²) in [5, 5.41) is 6.37. The smallest absolute Gasteiger partial charge is 0.259 e. The quantitative estimate of drug-likeness (QED) is 0.603. The van der Waals surface area contributed by atoms with Crippen molar-refractivity contribution in [2.45, 2.75) is 6.92 Å². The minimum atomic E-state index is -0.401. The highest BCUT2D eigenvalue weighted by Crippen LogP contribution is 2.11. The third-order valence-electron chi connectivity index (χ3n) is 3.04. The van der Waals surface area contributed by atoms with Crippen LogP contribution in [-0.2, 0) is 4.79 Å². The lowest BCUT2D eigenvalue weighted by Crippen LogP contribution is -2.34. The maximum Gasteiger partial charge on any atom is 0.259 e. The van der Waals surface area contributed by atoms with Gasteiger partial charge in [0.15, 0.2) is 0 Å². The fourth-order valence-corrected chi connectivity index (χ4v) is 1.89. The molecule has 0 heterocycles. The van der Waals surface area contributed by atoms with Gasteiger partial charge in [-0.15, -0.1) is 0 Å². The normalized spacial score (nSPS) is 10.4. The van der Waals surface area contributed by atoms with Crippen LogP contribution in [0.2, 0.25) is 0 Å². The summed E-state index contributed by atoms with van der Waals surface area (Å²) in [5.74, 6) is -0.0382. The average molecular weight is 325 g/mol. The van der Waals surface area contributed by atoms with Gasteiger partial charge in [-0.05, 0) is 36.8 Å². The summed E-state index contributed by atoms with van der Waals surface area (Å²) >= 11 is 0. The van der Waals surface area contributed by atoms with Crippen LogP contribution in [0.15, 0.2) is 59.7 Å². The molecule has 24 heavy (non-hydrogen) atoms. The highest BCUT2D eigenvalue weighted by molar-refractivity contribution is 5.96. The Balaban J connectivity index is 1.76. The average Bonchev–Trinajstić information content (AvgIpc) is 2.61. The zero-order valence-corrected chi connectivity index (χ0v) is 13.4. The molecule has 0 spiro atoms. The second-order valence-electron chi connectivity index (χ2n) is 4.84. The lowest BCUT2D eigenvalue weighted by atomic mass is 10.2. The van der Waals surface area contributed by atoms with E-state index < -0.39 is 5.91 Å². The van der Waals surface area contributed by atoms with Gasteiger partial charge in [-0.1, -0.05) is 30.3 Å². The van der Waals surface area contributed by atoms with Gasteiger partial charge < -0.3 is 10.1 Å². The molecule has 0 radical (unpaired) electrons. The molecule has 0 aliphatic rings. The predicted octanol–water partition coefficient (Wildman–Crippen LogP) is 1.97. The van der Waals surface area contributed by atoms with Gasteiger partial charge in [0.2, 0.25) is 0 Å². The SMILES string of the molecule is CCOc1ccc(C(=O)NCC(=O)N/N=C\c2ccccc2)cc1. The van der Waals surface area contributed by atoms with Gasteiger partial charge in [-0.3, -0.25) is 9.59 Å². The highest BCUT2D eigenvalue weighted by atomic mass is 16.5. The minimum absolute atomic E-state index is 0.155. The van der Waals surface area contributed by atoms with Gasteiger partial charge in [0, 0.05) is 5.56 Å². The van der Waals surface area contributed by atoms with E-state index in [-0.39, 0.29) is 12.5 Å². The zero-order chi connectivity index (χ0) is 17.2.